The number of hydrogen-bond acceptors (Lipinski definition) is 2. The molecule has 1 nitrogen and oxygen atoms in total. The maximum atomic E-state index is 2.55. The minimum atomic E-state index is 0.704. The first-order chi connectivity index (χ1) is 10.9. The fourth-order valence-corrected chi connectivity index (χ4v) is 4.88. The monoisotopic (exact) mass is 352 g/mol. The summed E-state index contributed by atoms with van der Waals surface area (Å²) in [5.74, 6) is 2.33. The first-order valence-corrected chi connectivity index (χ1v) is 11.2. The van der Waals surface area contributed by atoms with Gasteiger partial charge in [-0.25, -0.2) is 0 Å². The van der Waals surface area contributed by atoms with Crippen LogP contribution in [0.2, 0.25) is 0 Å². The molecule has 0 N–H and O–H groups in total. The van der Waals surface area contributed by atoms with E-state index >= 15 is 0 Å². The number of hydrogen-bond donors (Lipinski definition) is 0. The maximum Gasteiger partial charge on any atom is 0.105 e. The van der Waals surface area contributed by atoms with Crippen molar-refractivity contribution < 1.29 is 4.48 Å². The van der Waals surface area contributed by atoms with Crippen molar-refractivity contribution >= 4 is 23.5 Å². The van der Waals surface area contributed by atoms with Crippen LogP contribution in [0.5, 0.6) is 0 Å². The van der Waals surface area contributed by atoms with Crippen molar-refractivity contribution in [1.29, 1.82) is 0 Å². The third-order valence-electron chi connectivity index (χ3n) is 5.02. The predicted molar refractivity (Wildman–Crippen MR) is 108 cm³/mol. The van der Waals surface area contributed by atoms with E-state index in [9.17, 15) is 0 Å². The first-order valence-electron chi connectivity index (χ1n) is 9.11. The lowest BCUT2D eigenvalue weighted by Gasteiger charge is -2.31. The zero-order valence-corrected chi connectivity index (χ0v) is 17.4. The Hall–Kier alpha value is -0.120. The molecule has 0 bridgehead atoms. The molecule has 0 saturated carbocycles. The summed E-state index contributed by atoms with van der Waals surface area (Å²) in [4.78, 5) is 0. The Morgan fingerprint density at radius 3 is 1.52 bits per heavy atom. The van der Waals surface area contributed by atoms with Crippen LogP contribution in [0.1, 0.15) is 63.8 Å². The van der Waals surface area contributed by atoms with Gasteiger partial charge in [-0.15, -0.1) is 0 Å². The SMILES string of the molecule is CC[N+]1(CC)Cc2cc(CSC(C)C)c(CSC(C)C)cc2C1. The Balaban J connectivity index is 2.27. The molecule has 0 radical (unpaired) electrons. The van der Waals surface area contributed by atoms with Gasteiger partial charge in [0, 0.05) is 22.6 Å². The van der Waals surface area contributed by atoms with Crippen LogP contribution in [0, 0.1) is 0 Å². The minimum absolute atomic E-state index is 0.704. The predicted octanol–water partition coefficient (Wildman–Crippen LogP) is 5.84. The molecule has 1 aliphatic heterocycles. The van der Waals surface area contributed by atoms with Gasteiger partial charge in [-0.1, -0.05) is 27.7 Å². The number of thioether (sulfide) groups is 2. The largest absolute Gasteiger partial charge is 0.317 e. The second-order valence-electron chi connectivity index (χ2n) is 7.40. The number of rotatable bonds is 8. The van der Waals surface area contributed by atoms with Gasteiger partial charge in [0.1, 0.15) is 13.1 Å². The van der Waals surface area contributed by atoms with Crippen molar-refractivity contribution in [3.63, 3.8) is 0 Å². The van der Waals surface area contributed by atoms with E-state index in [1.54, 1.807) is 22.3 Å². The number of benzene rings is 1. The van der Waals surface area contributed by atoms with Crippen LogP contribution >= 0.6 is 23.5 Å². The molecule has 3 heteroatoms. The van der Waals surface area contributed by atoms with Gasteiger partial charge < -0.3 is 4.48 Å². The number of quaternary nitrogens is 1. The summed E-state index contributed by atoms with van der Waals surface area (Å²) >= 11 is 4.15. The van der Waals surface area contributed by atoms with Crippen LogP contribution < -0.4 is 0 Å². The zero-order valence-electron chi connectivity index (χ0n) is 15.8. The van der Waals surface area contributed by atoms with Crippen molar-refractivity contribution in [3.05, 3.63) is 34.4 Å². The van der Waals surface area contributed by atoms with Crippen LogP contribution in [0.15, 0.2) is 12.1 Å². The lowest BCUT2D eigenvalue weighted by molar-refractivity contribution is -0.944. The highest BCUT2D eigenvalue weighted by atomic mass is 32.2. The zero-order chi connectivity index (χ0) is 17.0. The summed E-state index contributed by atoms with van der Waals surface area (Å²) in [6.45, 7) is 18.9. The van der Waals surface area contributed by atoms with Crippen molar-refractivity contribution in [3.8, 4) is 0 Å². The summed E-state index contributed by atoms with van der Waals surface area (Å²) in [5, 5.41) is 1.41. The summed E-state index contributed by atoms with van der Waals surface area (Å²) < 4.78 is 1.24. The summed E-state index contributed by atoms with van der Waals surface area (Å²) in [5.41, 5.74) is 6.41. The summed E-state index contributed by atoms with van der Waals surface area (Å²) in [6.07, 6.45) is 0. The molecule has 130 valence electrons. The average Bonchev–Trinajstić information content (AvgIpc) is 2.88. The van der Waals surface area contributed by atoms with Gasteiger partial charge in [-0.3, -0.25) is 0 Å². The highest BCUT2D eigenvalue weighted by Gasteiger charge is 2.33. The molecule has 0 unspecified atom stereocenters. The van der Waals surface area contributed by atoms with Gasteiger partial charge in [-0.05, 0) is 47.6 Å². The Morgan fingerprint density at radius 2 is 1.22 bits per heavy atom. The third kappa shape index (κ3) is 4.93. The van der Waals surface area contributed by atoms with Crippen molar-refractivity contribution in [2.24, 2.45) is 0 Å². The number of nitrogens with zero attached hydrogens (tertiary/aromatic N) is 1. The standard InChI is InChI=1S/C20H34NS2/c1-7-21(8-2)11-17-9-19(13-22-15(3)4)20(10-18(17)12-21)14-23-16(5)6/h9-10,15-16H,7-8,11-14H2,1-6H3/q+1. The van der Waals surface area contributed by atoms with E-state index in [1.165, 1.54) is 30.7 Å². The van der Waals surface area contributed by atoms with Gasteiger partial charge >= 0.3 is 0 Å². The van der Waals surface area contributed by atoms with Gasteiger partial charge in [0.05, 0.1) is 13.1 Å². The van der Waals surface area contributed by atoms with Crippen LogP contribution in [-0.2, 0) is 24.6 Å². The third-order valence-corrected chi connectivity index (χ3v) is 7.31. The fraction of sp³-hybridized carbons (Fsp3) is 0.700. The summed E-state index contributed by atoms with van der Waals surface area (Å²) in [6, 6.07) is 5.10. The van der Waals surface area contributed by atoms with Crippen molar-refractivity contribution in [1.82, 2.24) is 0 Å². The normalized spacial score (nSPS) is 16.3. The molecular formula is C20H34NS2+. The van der Waals surface area contributed by atoms with E-state index in [0.29, 0.717) is 10.5 Å². The lowest BCUT2D eigenvalue weighted by atomic mass is 10.0. The molecule has 0 aromatic heterocycles. The maximum absolute atomic E-state index is 2.55. The molecule has 2 rings (SSSR count). The van der Waals surface area contributed by atoms with E-state index in [1.807, 2.05) is 0 Å². The van der Waals surface area contributed by atoms with Gasteiger partial charge in [0.25, 0.3) is 0 Å². The molecular weight excluding hydrogens is 318 g/mol. The lowest BCUT2D eigenvalue weighted by Crippen LogP contribution is -2.42. The Bertz CT molecular complexity index is 476. The molecule has 23 heavy (non-hydrogen) atoms. The molecule has 0 amide bonds. The van der Waals surface area contributed by atoms with Crippen LogP contribution in [0.4, 0.5) is 0 Å². The van der Waals surface area contributed by atoms with E-state index in [4.69, 9.17) is 0 Å². The smallest absolute Gasteiger partial charge is 0.105 e. The molecule has 1 heterocycles. The quantitative estimate of drug-likeness (QED) is 0.539. The van der Waals surface area contributed by atoms with Crippen LogP contribution in [0.25, 0.3) is 0 Å². The van der Waals surface area contributed by atoms with Gasteiger partial charge in [0.15, 0.2) is 0 Å². The minimum Gasteiger partial charge on any atom is -0.317 e. The average molecular weight is 353 g/mol. The molecule has 1 aliphatic rings. The molecule has 0 saturated heterocycles. The van der Waals surface area contributed by atoms with E-state index in [-0.39, 0.29) is 0 Å². The van der Waals surface area contributed by atoms with Crippen LogP contribution in [0.3, 0.4) is 0 Å². The molecule has 0 aliphatic carbocycles. The van der Waals surface area contributed by atoms with E-state index in [0.717, 1.165) is 11.5 Å². The van der Waals surface area contributed by atoms with E-state index < -0.39 is 0 Å². The molecule has 0 spiro atoms. The molecule has 1 aromatic carbocycles. The van der Waals surface area contributed by atoms with Gasteiger partial charge in [-0.2, -0.15) is 23.5 Å². The Kier molecular flexibility index (Phi) is 6.94. The second-order valence-corrected chi connectivity index (χ2v) is 10.5. The van der Waals surface area contributed by atoms with Crippen molar-refractivity contribution in [2.75, 3.05) is 13.1 Å². The fourth-order valence-electron chi connectivity index (χ4n) is 3.32. The second kappa shape index (κ2) is 8.31. The van der Waals surface area contributed by atoms with Crippen LogP contribution in [-0.4, -0.2) is 28.1 Å². The van der Waals surface area contributed by atoms with Crippen molar-refractivity contribution in [2.45, 2.75) is 76.6 Å². The highest BCUT2D eigenvalue weighted by molar-refractivity contribution is 7.99. The highest BCUT2D eigenvalue weighted by Crippen LogP contribution is 2.35. The summed E-state index contributed by atoms with van der Waals surface area (Å²) in [7, 11) is 0. The molecule has 1 aromatic rings. The van der Waals surface area contributed by atoms with E-state index in [2.05, 4.69) is 77.2 Å². The number of fused-ring (bicyclic) bond motifs is 1. The topological polar surface area (TPSA) is 0 Å². The first kappa shape index (κ1) is 19.2. The van der Waals surface area contributed by atoms with Gasteiger partial charge in [0.2, 0.25) is 0 Å². The molecule has 0 fully saturated rings. The Morgan fingerprint density at radius 1 is 0.826 bits per heavy atom. The molecule has 0 atom stereocenters. The Labute approximate surface area is 152 Å².